The zero-order valence-corrected chi connectivity index (χ0v) is 20.9. The van der Waals surface area contributed by atoms with Gasteiger partial charge in [0.1, 0.15) is 0 Å². The number of hydrogen-bond donors (Lipinski definition) is 0. The highest BCUT2D eigenvalue weighted by atomic mass is 16.1. The number of pyridine rings is 1. The normalized spacial score (nSPS) is 14.8. The Balaban J connectivity index is 1.64. The van der Waals surface area contributed by atoms with Crippen LogP contribution in [0.4, 0.5) is 0 Å². The fourth-order valence-electron chi connectivity index (χ4n) is 4.70. The van der Waals surface area contributed by atoms with Gasteiger partial charge in [0.25, 0.3) is 0 Å². The largest absolute Gasteiger partial charge is 0.383 e. The molecule has 7 nitrogen and oxygen atoms in total. The Hall–Kier alpha value is -3.74. The van der Waals surface area contributed by atoms with Crippen LogP contribution in [0.3, 0.4) is 0 Å². The Morgan fingerprint density at radius 3 is 2.60 bits per heavy atom. The summed E-state index contributed by atoms with van der Waals surface area (Å²) >= 11 is 0. The molecule has 0 amide bonds. The first-order valence-electron chi connectivity index (χ1n) is 12.2. The van der Waals surface area contributed by atoms with Crippen LogP contribution in [0.25, 0.3) is 22.3 Å². The predicted molar refractivity (Wildman–Crippen MR) is 141 cm³/mol. The van der Waals surface area contributed by atoms with Gasteiger partial charge in [-0.3, -0.25) is 9.78 Å². The maximum atomic E-state index is 11.9. The van der Waals surface area contributed by atoms with Crippen molar-refractivity contribution in [3.63, 3.8) is 0 Å². The van der Waals surface area contributed by atoms with Gasteiger partial charge in [0.15, 0.2) is 11.9 Å². The summed E-state index contributed by atoms with van der Waals surface area (Å²) in [5, 5.41) is 4.47. The minimum absolute atomic E-state index is 0.237. The van der Waals surface area contributed by atoms with Crippen LogP contribution in [0.15, 0.2) is 61.9 Å². The molecule has 3 aromatic rings. The molecular formula is C28H34N6O. The van der Waals surface area contributed by atoms with E-state index in [1.54, 1.807) is 23.0 Å². The second kappa shape index (κ2) is 10.7. The number of likely N-dealkylation sites (tertiary alicyclic amines) is 1. The van der Waals surface area contributed by atoms with Crippen molar-refractivity contribution in [1.29, 1.82) is 0 Å². The van der Waals surface area contributed by atoms with Gasteiger partial charge in [0.2, 0.25) is 0 Å². The molecule has 0 aromatic carbocycles. The monoisotopic (exact) mass is 470 g/mol. The molecule has 1 aliphatic heterocycles. The van der Waals surface area contributed by atoms with Crippen LogP contribution in [0.2, 0.25) is 0 Å². The molecule has 4 heterocycles. The summed E-state index contributed by atoms with van der Waals surface area (Å²) in [6.07, 6.45) is 14.2. The second-order valence-corrected chi connectivity index (χ2v) is 9.29. The summed E-state index contributed by atoms with van der Waals surface area (Å²) in [6.45, 7) is 12.2. The third-order valence-corrected chi connectivity index (χ3v) is 6.53. The average Bonchev–Trinajstić information content (AvgIpc) is 3.29. The maximum Gasteiger partial charge on any atom is 0.163 e. The summed E-state index contributed by atoms with van der Waals surface area (Å²) in [5.41, 5.74) is 7.05. The SMILES string of the molecule is C=C/C(=C\N(C)C)c1ccc(-c2cnn3cc(C=O)c(C4CCN(C(=C)CCC)CC4)nc23)cn1. The second-order valence-electron chi connectivity index (χ2n) is 9.29. The van der Waals surface area contributed by atoms with E-state index in [1.165, 1.54) is 5.70 Å². The fourth-order valence-corrected chi connectivity index (χ4v) is 4.70. The smallest absolute Gasteiger partial charge is 0.163 e. The van der Waals surface area contributed by atoms with E-state index in [2.05, 4.69) is 35.1 Å². The number of fused-ring (bicyclic) bond motifs is 1. The van der Waals surface area contributed by atoms with E-state index < -0.39 is 0 Å². The van der Waals surface area contributed by atoms with Gasteiger partial charge in [-0.1, -0.05) is 38.6 Å². The van der Waals surface area contributed by atoms with E-state index in [4.69, 9.17) is 4.98 Å². The van der Waals surface area contributed by atoms with Crippen molar-refractivity contribution in [2.24, 2.45) is 0 Å². The minimum Gasteiger partial charge on any atom is -0.383 e. The van der Waals surface area contributed by atoms with Gasteiger partial charge in [-0.05, 0) is 25.3 Å². The van der Waals surface area contributed by atoms with E-state index in [-0.39, 0.29) is 5.92 Å². The molecule has 0 radical (unpaired) electrons. The van der Waals surface area contributed by atoms with Crippen LogP contribution >= 0.6 is 0 Å². The molecule has 0 spiro atoms. The first kappa shape index (κ1) is 24.4. The Morgan fingerprint density at radius 2 is 2.00 bits per heavy atom. The van der Waals surface area contributed by atoms with Crippen molar-refractivity contribution in [2.45, 2.75) is 38.5 Å². The van der Waals surface area contributed by atoms with Gasteiger partial charge in [-0.2, -0.15) is 5.10 Å². The maximum absolute atomic E-state index is 11.9. The molecule has 0 N–H and O–H groups in total. The van der Waals surface area contributed by atoms with Gasteiger partial charge in [-0.25, -0.2) is 9.50 Å². The Morgan fingerprint density at radius 1 is 1.23 bits per heavy atom. The number of nitrogens with zero attached hydrogens (tertiary/aromatic N) is 6. The number of piperidine rings is 1. The lowest BCUT2D eigenvalue weighted by Crippen LogP contribution is -2.32. The van der Waals surface area contributed by atoms with Crippen LogP contribution < -0.4 is 0 Å². The molecule has 1 aliphatic rings. The standard InChI is InChI=1S/C28H34N6O/c1-6-8-20(3)33-13-11-22(12-14-33)27-24(19-35)18-34-28(31-27)25(16-30-34)23-9-10-26(29-15-23)21(7-2)17-32(4)5/h7,9-10,15-19,22H,2-3,6,8,11-14H2,1,4-5H3/b21-17+. The van der Waals surface area contributed by atoms with Gasteiger partial charge in [0, 0.05) is 74.1 Å². The number of carbonyl (C=O) groups is 1. The van der Waals surface area contributed by atoms with E-state index in [0.29, 0.717) is 5.56 Å². The van der Waals surface area contributed by atoms with Crippen LogP contribution in [-0.2, 0) is 0 Å². The van der Waals surface area contributed by atoms with Crippen molar-refractivity contribution in [1.82, 2.24) is 29.4 Å². The van der Waals surface area contributed by atoms with E-state index in [0.717, 1.165) is 78.8 Å². The van der Waals surface area contributed by atoms with Crippen LogP contribution in [0.1, 0.15) is 60.3 Å². The van der Waals surface area contributed by atoms with Crippen molar-refractivity contribution in [3.8, 4) is 11.1 Å². The Bertz CT molecular complexity index is 1250. The van der Waals surface area contributed by atoms with Crippen LogP contribution in [0.5, 0.6) is 0 Å². The number of aromatic nitrogens is 4. The first-order chi connectivity index (χ1) is 16.9. The topological polar surface area (TPSA) is 66.6 Å². The molecule has 0 atom stereocenters. The molecule has 4 rings (SSSR count). The highest BCUT2D eigenvalue weighted by Crippen LogP contribution is 2.32. The lowest BCUT2D eigenvalue weighted by atomic mass is 9.90. The lowest BCUT2D eigenvalue weighted by molar-refractivity contribution is 0.112. The fraction of sp³-hybridized carbons (Fsp3) is 0.357. The molecule has 0 unspecified atom stereocenters. The van der Waals surface area contributed by atoms with Gasteiger partial charge < -0.3 is 9.80 Å². The van der Waals surface area contributed by atoms with Crippen molar-refractivity contribution in [3.05, 3.63) is 78.8 Å². The number of aldehydes is 1. The third-order valence-electron chi connectivity index (χ3n) is 6.53. The van der Waals surface area contributed by atoms with Gasteiger partial charge >= 0.3 is 0 Å². The van der Waals surface area contributed by atoms with Crippen molar-refractivity contribution >= 4 is 17.5 Å². The highest BCUT2D eigenvalue weighted by Gasteiger charge is 2.25. The van der Waals surface area contributed by atoms with Crippen molar-refractivity contribution in [2.75, 3.05) is 27.2 Å². The summed E-state index contributed by atoms with van der Waals surface area (Å²) in [6, 6.07) is 4.01. The minimum atomic E-state index is 0.237. The number of allylic oxidation sites excluding steroid dienone is 3. The number of rotatable bonds is 9. The highest BCUT2D eigenvalue weighted by molar-refractivity contribution is 5.81. The molecule has 0 aliphatic carbocycles. The molecule has 1 saturated heterocycles. The zero-order valence-electron chi connectivity index (χ0n) is 20.9. The Labute approximate surface area is 207 Å². The Kier molecular flexibility index (Phi) is 7.44. The predicted octanol–water partition coefficient (Wildman–Crippen LogP) is 5.19. The molecule has 1 fully saturated rings. The lowest BCUT2D eigenvalue weighted by Gasteiger charge is -2.35. The number of carbonyl (C=O) groups excluding carboxylic acids is 1. The molecule has 182 valence electrons. The molecular weight excluding hydrogens is 436 g/mol. The molecule has 0 bridgehead atoms. The molecule has 7 heteroatoms. The van der Waals surface area contributed by atoms with Gasteiger partial charge in [-0.15, -0.1) is 0 Å². The van der Waals surface area contributed by atoms with E-state index in [9.17, 15) is 4.79 Å². The average molecular weight is 471 g/mol. The molecule has 0 saturated carbocycles. The summed E-state index contributed by atoms with van der Waals surface area (Å²) < 4.78 is 1.69. The zero-order chi connectivity index (χ0) is 24.9. The van der Waals surface area contributed by atoms with Crippen LogP contribution in [0, 0.1) is 0 Å². The third kappa shape index (κ3) is 5.19. The first-order valence-corrected chi connectivity index (χ1v) is 12.2. The quantitative estimate of drug-likeness (QED) is 0.317. The summed E-state index contributed by atoms with van der Waals surface area (Å²) in [5.74, 6) is 0.237. The van der Waals surface area contributed by atoms with Crippen LogP contribution in [-0.4, -0.2) is 62.9 Å². The molecule has 3 aromatic heterocycles. The summed E-state index contributed by atoms with van der Waals surface area (Å²) in [7, 11) is 3.94. The molecule has 35 heavy (non-hydrogen) atoms. The summed E-state index contributed by atoms with van der Waals surface area (Å²) in [4.78, 5) is 25.9. The van der Waals surface area contributed by atoms with Gasteiger partial charge in [0.05, 0.1) is 23.1 Å². The number of hydrogen-bond acceptors (Lipinski definition) is 6. The van der Waals surface area contributed by atoms with E-state index >= 15 is 0 Å². The van der Waals surface area contributed by atoms with Crippen molar-refractivity contribution < 1.29 is 4.79 Å². The van der Waals surface area contributed by atoms with E-state index in [1.807, 2.05) is 43.5 Å².